The fourth-order valence-corrected chi connectivity index (χ4v) is 3.83. The molecule has 1 aromatic rings. The third-order valence-corrected chi connectivity index (χ3v) is 5.00. The first-order valence-corrected chi connectivity index (χ1v) is 7.71. The van der Waals surface area contributed by atoms with E-state index < -0.39 is 21.4 Å². The molecule has 1 heterocycles. The third kappa shape index (κ3) is 3.29. The van der Waals surface area contributed by atoms with Gasteiger partial charge in [0.2, 0.25) is 10.0 Å². The van der Waals surface area contributed by atoms with Gasteiger partial charge in [-0.05, 0) is 18.9 Å². The van der Waals surface area contributed by atoms with Gasteiger partial charge < -0.3 is 5.11 Å². The van der Waals surface area contributed by atoms with Crippen molar-refractivity contribution in [2.75, 3.05) is 6.61 Å². The number of pyridine rings is 1. The molecule has 7 heteroatoms. The van der Waals surface area contributed by atoms with Gasteiger partial charge in [0, 0.05) is 6.20 Å². The fraction of sp³-hybridized carbons (Fsp3) is 0.583. The summed E-state index contributed by atoms with van der Waals surface area (Å²) in [5, 5.41) is 9.49. The summed E-state index contributed by atoms with van der Waals surface area (Å²) in [5.74, 6) is -0.704. The van der Waals surface area contributed by atoms with E-state index in [4.69, 9.17) is 0 Å². The zero-order valence-corrected chi connectivity index (χ0v) is 11.3. The molecule has 1 aliphatic carbocycles. The Morgan fingerprint density at radius 1 is 1.32 bits per heavy atom. The van der Waals surface area contributed by atoms with Gasteiger partial charge in [0.1, 0.15) is 10.7 Å². The molecule has 19 heavy (non-hydrogen) atoms. The Labute approximate surface area is 111 Å². The van der Waals surface area contributed by atoms with Gasteiger partial charge in [-0.15, -0.1) is 0 Å². The van der Waals surface area contributed by atoms with Crippen LogP contribution in [-0.4, -0.2) is 30.7 Å². The van der Waals surface area contributed by atoms with Crippen LogP contribution >= 0.6 is 0 Å². The molecular formula is C12H17FN2O3S. The minimum atomic E-state index is -3.87. The zero-order chi connectivity index (χ0) is 13.9. The van der Waals surface area contributed by atoms with Crippen LogP contribution < -0.4 is 4.72 Å². The summed E-state index contributed by atoms with van der Waals surface area (Å²) in [6, 6.07) is 0.920. The van der Waals surface area contributed by atoms with E-state index >= 15 is 0 Å². The van der Waals surface area contributed by atoms with E-state index in [9.17, 15) is 17.9 Å². The highest BCUT2D eigenvalue weighted by Crippen LogP contribution is 2.29. The van der Waals surface area contributed by atoms with Crippen LogP contribution in [0.4, 0.5) is 4.39 Å². The molecule has 2 rings (SSSR count). The molecule has 0 atom stereocenters. The highest BCUT2D eigenvalue weighted by Gasteiger charge is 2.36. The van der Waals surface area contributed by atoms with Crippen molar-refractivity contribution >= 4 is 10.0 Å². The van der Waals surface area contributed by atoms with Crippen LogP contribution in [0, 0.1) is 5.82 Å². The molecule has 106 valence electrons. The van der Waals surface area contributed by atoms with Crippen LogP contribution in [-0.2, 0) is 10.0 Å². The van der Waals surface area contributed by atoms with Gasteiger partial charge in [-0.2, -0.15) is 0 Å². The third-order valence-electron chi connectivity index (χ3n) is 3.45. The summed E-state index contributed by atoms with van der Waals surface area (Å²) in [5.41, 5.74) is -0.830. The predicted molar refractivity (Wildman–Crippen MR) is 67.4 cm³/mol. The highest BCUT2D eigenvalue weighted by molar-refractivity contribution is 7.89. The lowest BCUT2D eigenvalue weighted by atomic mass is 9.83. The number of hydrogen-bond donors (Lipinski definition) is 2. The van der Waals surface area contributed by atoms with Crippen molar-refractivity contribution in [1.82, 2.24) is 9.71 Å². The van der Waals surface area contributed by atoms with Crippen LogP contribution in [0.15, 0.2) is 23.4 Å². The molecule has 0 amide bonds. The largest absolute Gasteiger partial charge is 0.394 e. The molecule has 0 saturated heterocycles. The van der Waals surface area contributed by atoms with Gasteiger partial charge >= 0.3 is 0 Å². The lowest BCUT2D eigenvalue weighted by molar-refractivity contribution is 0.142. The quantitative estimate of drug-likeness (QED) is 0.872. The van der Waals surface area contributed by atoms with Crippen molar-refractivity contribution in [2.24, 2.45) is 0 Å². The number of aliphatic hydroxyl groups is 1. The summed E-state index contributed by atoms with van der Waals surface area (Å²) in [6.07, 6.45) is 5.98. The highest BCUT2D eigenvalue weighted by atomic mass is 32.2. The number of rotatable bonds is 4. The molecule has 2 N–H and O–H groups in total. The summed E-state index contributed by atoms with van der Waals surface area (Å²) >= 11 is 0. The van der Waals surface area contributed by atoms with Gasteiger partial charge in [0.25, 0.3) is 0 Å². The minimum absolute atomic E-state index is 0.217. The maximum absolute atomic E-state index is 13.0. The van der Waals surface area contributed by atoms with Crippen molar-refractivity contribution in [2.45, 2.75) is 42.5 Å². The smallest absolute Gasteiger partial charge is 0.242 e. The van der Waals surface area contributed by atoms with Gasteiger partial charge in [-0.3, -0.25) is 4.98 Å². The predicted octanol–water partition coefficient (Wildman–Crippen LogP) is 1.19. The SMILES string of the molecule is O=S(=O)(NC1(CO)CCCCC1)c1cncc(F)c1. The van der Waals surface area contributed by atoms with E-state index in [1.807, 2.05) is 0 Å². The average molecular weight is 288 g/mol. The van der Waals surface area contributed by atoms with E-state index in [0.29, 0.717) is 12.8 Å². The number of nitrogens with one attached hydrogen (secondary N) is 1. The Bertz CT molecular complexity index is 542. The Hall–Kier alpha value is -1.05. The van der Waals surface area contributed by atoms with Crippen LogP contribution in [0.1, 0.15) is 32.1 Å². The van der Waals surface area contributed by atoms with Crippen LogP contribution in [0.3, 0.4) is 0 Å². The maximum Gasteiger partial charge on any atom is 0.242 e. The maximum atomic E-state index is 13.0. The molecule has 0 aromatic carbocycles. The van der Waals surface area contributed by atoms with E-state index in [0.717, 1.165) is 37.7 Å². The second-order valence-corrected chi connectivity index (χ2v) is 6.63. The topological polar surface area (TPSA) is 79.3 Å². The number of aromatic nitrogens is 1. The Morgan fingerprint density at radius 2 is 2.00 bits per heavy atom. The summed E-state index contributed by atoms with van der Waals surface area (Å²) in [7, 11) is -3.87. The second-order valence-electron chi connectivity index (χ2n) is 4.94. The first-order chi connectivity index (χ1) is 8.97. The first-order valence-electron chi connectivity index (χ1n) is 6.23. The zero-order valence-electron chi connectivity index (χ0n) is 10.5. The average Bonchev–Trinajstić information content (AvgIpc) is 2.39. The van der Waals surface area contributed by atoms with Crippen molar-refractivity contribution in [3.63, 3.8) is 0 Å². The van der Waals surface area contributed by atoms with Gasteiger partial charge in [-0.25, -0.2) is 17.5 Å². The number of sulfonamides is 1. The standard InChI is InChI=1S/C12H17FN2O3S/c13-10-6-11(8-14-7-10)19(17,18)15-12(9-16)4-2-1-3-5-12/h6-8,15-16H,1-5,9H2. The molecule has 5 nitrogen and oxygen atoms in total. The normalized spacial score (nSPS) is 19.3. The van der Waals surface area contributed by atoms with Crippen molar-refractivity contribution in [3.8, 4) is 0 Å². The lowest BCUT2D eigenvalue weighted by Crippen LogP contribution is -2.52. The molecule has 1 aliphatic rings. The van der Waals surface area contributed by atoms with Gasteiger partial charge in [0.15, 0.2) is 0 Å². The molecule has 0 bridgehead atoms. The van der Waals surface area contributed by atoms with E-state index in [2.05, 4.69) is 9.71 Å². The molecule has 1 saturated carbocycles. The van der Waals surface area contributed by atoms with Crippen LogP contribution in [0.25, 0.3) is 0 Å². The number of nitrogens with zero attached hydrogens (tertiary/aromatic N) is 1. The Morgan fingerprint density at radius 3 is 2.58 bits per heavy atom. The molecule has 1 aromatic heterocycles. The van der Waals surface area contributed by atoms with Gasteiger partial charge in [-0.1, -0.05) is 19.3 Å². The van der Waals surface area contributed by atoms with Crippen molar-refractivity contribution in [3.05, 3.63) is 24.3 Å². The van der Waals surface area contributed by atoms with Crippen molar-refractivity contribution in [1.29, 1.82) is 0 Å². The van der Waals surface area contributed by atoms with Crippen LogP contribution in [0.2, 0.25) is 0 Å². The number of aliphatic hydroxyl groups excluding tert-OH is 1. The molecule has 0 unspecified atom stereocenters. The number of hydrogen-bond acceptors (Lipinski definition) is 4. The second kappa shape index (κ2) is 5.52. The molecular weight excluding hydrogens is 271 g/mol. The minimum Gasteiger partial charge on any atom is -0.394 e. The molecule has 1 fully saturated rings. The van der Waals surface area contributed by atoms with Crippen LogP contribution in [0.5, 0.6) is 0 Å². The lowest BCUT2D eigenvalue weighted by Gasteiger charge is -2.35. The summed E-state index contributed by atoms with van der Waals surface area (Å²) < 4.78 is 39.9. The fourth-order valence-electron chi connectivity index (χ4n) is 2.40. The molecule has 0 spiro atoms. The van der Waals surface area contributed by atoms with E-state index in [-0.39, 0.29) is 11.5 Å². The molecule has 0 radical (unpaired) electrons. The number of halogens is 1. The monoisotopic (exact) mass is 288 g/mol. The Balaban J connectivity index is 2.25. The van der Waals surface area contributed by atoms with E-state index in [1.165, 1.54) is 0 Å². The summed E-state index contributed by atoms with van der Waals surface area (Å²) in [4.78, 5) is 3.32. The van der Waals surface area contributed by atoms with Crippen molar-refractivity contribution < 1.29 is 17.9 Å². The van der Waals surface area contributed by atoms with E-state index in [1.54, 1.807) is 0 Å². The first kappa shape index (κ1) is 14.4. The molecule has 0 aliphatic heterocycles. The summed E-state index contributed by atoms with van der Waals surface area (Å²) in [6.45, 7) is -0.255. The van der Waals surface area contributed by atoms with Gasteiger partial charge in [0.05, 0.1) is 18.3 Å². The Kier molecular flexibility index (Phi) is 4.17.